The van der Waals surface area contributed by atoms with Crippen molar-refractivity contribution in [2.45, 2.75) is 19.4 Å². The zero-order valence-corrected chi connectivity index (χ0v) is 10.1. The first kappa shape index (κ1) is 11.6. The lowest BCUT2D eigenvalue weighted by molar-refractivity contribution is 0.231. The molecule has 1 aromatic rings. The molecule has 1 aliphatic heterocycles. The van der Waals surface area contributed by atoms with Crippen LogP contribution in [0.15, 0.2) is 18.5 Å². The van der Waals surface area contributed by atoms with Gasteiger partial charge in [-0.05, 0) is 45.0 Å². The number of hydrogen-bond acceptors (Lipinski definition) is 3. The van der Waals surface area contributed by atoms with Gasteiger partial charge in [-0.2, -0.15) is 5.10 Å². The van der Waals surface area contributed by atoms with E-state index in [0.717, 1.165) is 19.0 Å². The average Bonchev–Trinajstić information content (AvgIpc) is 2.81. The van der Waals surface area contributed by atoms with Gasteiger partial charge in [0.25, 0.3) is 0 Å². The molecule has 90 valence electrons. The zero-order chi connectivity index (χ0) is 11.2. The van der Waals surface area contributed by atoms with Gasteiger partial charge in [-0.3, -0.25) is 4.68 Å². The van der Waals surface area contributed by atoms with E-state index in [1.165, 1.54) is 32.5 Å². The van der Waals surface area contributed by atoms with Crippen LogP contribution in [0.1, 0.15) is 12.8 Å². The predicted octanol–water partition coefficient (Wildman–Crippen LogP) is 0.815. The van der Waals surface area contributed by atoms with E-state index in [9.17, 15) is 0 Å². The van der Waals surface area contributed by atoms with Gasteiger partial charge in [0.1, 0.15) is 0 Å². The minimum atomic E-state index is 0.879. The second kappa shape index (κ2) is 6.01. The summed E-state index contributed by atoms with van der Waals surface area (Å²) in [5.74, 6) is 0.879. The van der Waals surface area contributed by atoms with Crippen LogP contribution in [0.3, 0.4) is 0 Å². The van der Waals surface area contributed by atoms with Crippen LogP contribution < -0.4 is 5.32 Å². The molecule has 4 heteroatoms. The molecule has 0 aromatic carbocycles. The van der Waals surface area contributed by atoms with Crippen LogP contribution in [0.5, 0.6) is 0 Å². The number of nitrogens with one attached hydrogen (secondary N) is 1. The number of rotatable bonds is 5. The van der Waals surface area contributed by atoms with Crippen LogP contribution >= 0.6 is 0 Å². The van der Waals surface area contributed by atoms with E-state index in [1.54, 1.807) is 0 Å². The molecule has 0 unspecified atom stereocenters. The van der Waals surface area contributed by atoms with Crippen LogP contribution in [-0.2, 0) is 6.54 Å². The summed E-state index contributed by atoms with van der Waals surface area (Å²) < 4.78 is 2.00. The Morgan fingerprint density at radius 2 is 2.25 bits per heavy atom. The van der Waals surface area contributed by atoms with Crippen molar-refractivity contribution in [3.05, 3.63) is 18.5 Å². The highest BCUT2D eigenvalue weighted by Crippen LogP contribution is 2.12. The molecular formula is C12H22N4. The first-order valence-electron chi connectivity index (χ1n) is 6.21. The van der Waals surface area contributed by atoms with Crippen LogP contribution in [-0.4, -0.2) is 47.9 Å². The predicted molar refractivity (Wildman–Crippen MR) is 65.3 cm³/mol. The van der Waals surface area contributed by atoms with Gasteiger partial charge < -0.3 is 10.2 Å². The maximum atomic E-state index is 4.22. The van der Waals surface area contributed by atoms with Crippen molar-refractivity contribution < 1.29 is 0 Å². The SMILES string of the molecule is CN(CCn1cccn1)CC1CCNCC1. The van der Waals surface area contributed by atoms with Gasteiger partial charge in [-0.25, -0.2) is 0 Å². The van der Waals surface area contributed by atoms with Gasteiger partial charge in [0, 0.05) is 25.5 Å². The fourth-order valence-electron chi connectivity index (χ4n) is 2.30. The molecular weight excluding hydrogens is 200 g/mol. The highest BCUT2D eigenvalue weighted by molar-refractivity contribution is 4.78. The Balaban J connectivity index is 1.65. The third-order valence-corrected chi connectivity index (χ3v) is 3.30. The first-order valence-corrected chi connectivity index (χ1v) is 6.21. The molecule has 1 fully saturated rings. The Labute approximate surface area is 97.6 Å². The summed E-state index contributed by atoms with van der Waals surface area (Å²) in [5, 5.41) is 7.62. The van der Waals surface area contributed by atoms with E-state index in [4.69, 9.17) is 0 Å². The maximum Gasteiger partial charge on any atom is 0.0536 e. The molecule has 0 aliphatic carbocycles. The molecule has 0 atom stereocenters. The second-order valence-electron chi connectivity index (χ2n) is 4.72. The minimum absolute atomic E-state index is 0.879. The Hall–Kier alpha value is -0.870. The summed E-state index contributed by atoms with van der Waals surface area (Å²) in [4.78, 5) is 2.43. The van der Waals surface area contributed by atoms with Gasteiger partial charge in [0.15, 0.2) is 0 Å². The van der Waals surface area contributed by atoms with E-state index in [1.807, 2.05) is 23.1 Å². The molecule has 2 heterocycles. The summed E-state index contributed by atoms with van der Waals surface area (Å²) in [5.41, 5.74) is 0. The molecule has 1 aliphatic rings. The Morgan fingerprint density at radius 3 is 2.94 bits per heavy atom. The zero-order valence-electron chi connectivity index (χ0n) is 10.1. The molecule has 0 bridgehead atoms. The van der Waals surface area contributed by atoms with Crippen molar-refractivity contribution in [2.75, 3.05) is 33.2 Å². The summed E-state index contributed by atoms with van der Waals surface area (Å²) in [6, 6.07) is 1.98. The number of nitrogens with zero attached hydrogens (tertiary/aromatic N) is 3. The molecule has 0 amide bonds. The highest BCUT2D eigenvalue weighted by atomic mass is 15.3. The lowest BCUT2D eigenvalue weighted by Crippen LogP contribution is -2.35. The van der Waals surface area contributed by atoms with Gasteiger partial charge in [0.2, 0.25) is 0 Å². The summed E-state index contributed by atoms with van der Waals surface area (Å²) >= 11 is 0. The summed E-state index contributed by atoms with van der Waals surface area (Å²) in [7, 11) is 2.21. The average molecular weight is 222 g/mol. The molecule has 4 nitrogen and oxygen atoms in total. The lowest BCUT2D eigenvalue weighted by Gasteiger charge is -2.27. The Morgan fingerprint density at radius 1 is 1.44 bits per heavy atom. The van der Waals surface area contributed by atoms with Gasteiger partial charge in [-0.1, -0.05) is 0 Å². The fraction of sp³-hybridized carbons (Fsp3) is 0.750. The van der Waals surface area contributed by atoms with Crippen LogP contribution in [0, 0.1) is 5.92 Å². The largest absolute Gasteiger partial charge is 0.317 e. The number of likely N-dealkylation sites (N-methyl/N-ethyl adjacent to an activating group) is 1. The molecule has 2 rings (SSSR count). The van der Waals surface area contributed by atoms with Crippen molar-refractivity contribution in [2.24, 2.45) is 5.92 Å². The molecule has 16 heavy (non-hydrogen) atoms. The molecule has 0 spiro atoms. The Bertz CT molecular complexity index is 277. The first-order chi connectivity index (χ1) is 7.84. The van der Waals surface area contributed by atoms with Crippen LogP contribution in [0.2, 0.25) is 0 Å². The van der Waals surface area contributed by atoms with Crippen molar-refractivity contribution in [1.29, 1.82) is 0 Å². The second-order valence-corrected chi connectivity index (χ2v) is 4.72. The third kappa shape index (κ3) is 3.61. The normalized spacial score (nSPS) is 18.1. The van der Waals surface area contributed by atoms with E-state index >= 15 is 0 Å². The maximum absolute atomic E-state index is 4.22. The monoisotopic (exact) mass is 222 g/mol. The van der Waals surface area contributed by atoms with E-state index in [0.29, 0.717) is 0 Å². The highest BCUT2D eigenvalue weighted by Gasteiger charge is 2.14. The third-order valence-electron chi connectivity index (χ3n) is 3.30. The summed E-state index contributed by atoms with van der Waals surface area (Å²) in [6.45, 7) is 5.69. The molecule has 1 N–H and O–H groups in total. The van der Waals surface area contributed by atoms with Crippen LogP contribution in [0.4, 0.5) is 0 Å². The minimum Gasteiger partial charge on any atom is -0.317 e. The van der Waals surface area contributed by atoms with Crippen LogP contribution in [0.25, 0.3) is 0 Å². The standard InChI is InChI=1S/C12H22N4/c1-15(9-10-16-8-2-5-14-16)11-12-3-6-13-7-4-12/h2,5,8,12-13H,3-4,6-7,9-11H2,1H3. The topological polar surface area (TPSA) is 33.1 Å². The molecule has 0 radical (unpaired) electrons. The van der Waals surface area contributed by atoms with Gasteiger partial charge in [-0.15, -0.1) is 0 Å². The fourth-order valence-corrected chi connectivity index (χ4v) is 2.30. The molecule has 1 aromatic heterocycles. The van der Waals surface area contributed by atoms with Gasteiger partial charge in [0.05, 0.1) is 6.54 Å². The Kier molecular flexibility index (Phi) is 4.36. The quantitative estimate of drug-likeness (QED) is 0.800. The molecule has 1 saturated heterocycles. The summed E-state index contributed by atoms with van der Waals surface area (Å²) in [6.07, 6.45) is 6.52. The smallest absolute Gasteiger partial charge is 0.0536 e. The number of aromatic nitrogens is 2. The number of hydrogen-bond donors (Lipinski definition) is 1. The van der Waals surface area contributed by atoms with E-state index < -0.39 is 0 Å². The van der Waals surface area contributed by atoms with Gasteiger partial charge >= 0.3 is 0 Å². The van der Waals surface area contributed by atoms with E-state index in [-0.39, 0.29) is 0 Å². The van der Waals surface area contributed by atoms with Crippen molar-refractivity contribution in [1.82, 2.24) is 20.0 Å². The lowest BCUT2D eigenvalue weighted by atomic mass is 9.98. The van der Waals surface area contributed by atoms with Crippen molar-refractivity contribution in [3.63, 3.8) is 0 Å². The number of piperidine rings is 1. The molecule has 0 saturated carbocycles. The van der Waals surface area contributed by atoms with Crippen molar-refractivity contribution >= 4 is 0 Å². The van der Waals surface area contributed by atoms with E-state index in [2.05, 4.69) is 22.4 Å². The van der Waals surface area contributed by atoms with Crippen molar-refractivity contribution in [3.8, 4) is 0 Å².